The topological polar surface area (TPSA) is 58.9 Å². The van der Waals surface area contributed by atoms with Crippen LogP contribution in [0.15, 0.2) is 44.3 Å². The third-order valence-electron chi connectivity index (χ3n) is 2.88. The Morgan fingerprint density at radius 2 is 1.96 bits per heavy atom. The Hall–Kier alpha value is -1.37. The first kappa shape index (κ1) is 18.0. The Morgan fingerprint density at radius 3 is 2.57 bits per heavy atom. The summed E-state index contributed by atoms with van der Waals surface area (Å²) < 4.78 is 6.50. The number of nitrogens with zero attached hydrogens (tertiary/aromatic N) is 1. The van der Waals surface area contributed by atoms with Crippen molar-refractivity contribution in [1.82, 2.24) is 0 Å². The van der Waals surface area contributed by atoms with Crippen LogP contribution in [-0.2, 0) is 4.79 Å². The van der Waals surface area contributed by atoms with Crippen LogP contribution in [0.1, 0.15) is 11.1 Å². The molecule has 0 aliphatic carbocycles. The van der Waals surface area contributed by atoms with Gasteiger partial charge in [-0.3, -0.25) is 4.99 Å². The maximum atomic E-state index is 10.6. The molecular weight excluding hydrogens is 449 g/mol. The summed E-state index contributed by atoms with van der Waals surface area (Å²) in [5, 5.41) is 9.31. The fourth-order valence-corrected chi connectivity index (χ4v) is 3.41. The van der Waals surface area contributed by atoms with Crippen LogP contribution in [0.4, 0.5) is 5.69 Å². The molecule has 0 saturated heterocycles. The monoisotopic (exact) mass is 459 g/mol. The van der Waals surface area contributed by atoms with Gasteiger partial charge >= 0.3 is 5.97 Å². The smallest absolute Gasteiger partial charge is 0.341 e. The van der Waals surface area contributed by atoms with Crippen LogP contribution in [-0.4, -0.2) is 23.9 Å². The van der Waals surface area contributed by atoms with Gasteiger partial charge in [0.25, 0.3) is 0 Å². The van der Waals surface area contributed by atoms with Crippen LogP contribution in [0.5, 0.6) is 5.75 Å². The molecule has 0 bridgehead atoms. The number of aliphatic imine (C=N–C) groups is 1. The van der Waals surface area contributed by atoms with Crippen molar-refractivity contribution in [2.45, 2.75) is 6.92 Å². The second-order valence-corrected chi connectivity index (χ2v) is 6.83. The van der Waals surface area contributed by atoms with Crippen molar-refractivity contribution in [1.29, 1.82) is 0 Å². The minimum Gasteiger partial charge on any atom is -0.480 e. The summed E-state index contributed by atoms with van der Waals surface area (Å²) in [4.78, 5) is 15.0. The molecular formula is C16H12Br2ClNO3. The first-order chi connectivity index (χ1) is 10.9. The summed E-state index contributed by atoms with van der Waals surface area (Å²) in [6.45, 7) is 1.55. The predicted octanol–water partition coefficient (Wildman–Crippen LogP) is 5.39. The van der Waals surface area contributed by atoms with Gasteiger partial charge in [0.2, 0.25) is 0 Å². The molecule has 7 heteroatoms. The first-order valence-corrected chi connectivity index (χ1v) is 8.47. The molecule has 0 unspecified atom stereocenters. The number of carboxylic acids is 1. The van der Waals surface area contributed by atoms with Crippen molar-refractivity contribution in [3.8, 4) is 5.75 Å². The van der Waals surface area contributed by atoms with Gasteiger partial charge in [0.15, 0.2) is 6.61 Å². The van der Waals surface area contributed by atoms with Gasteiger partial charge in [0.1, 0.15) is 5.75 Å². The molecule has 0 heterocycles. The number of carboxylic acid groups (broad SMARTS) is 1. The summed E-state index contributed by atoms with van der Waals surface area (Å²) >= 11 is 12.7. The molecule has 1 N–H and O–H groups in total. The lowest BCUT2D eigenvalue weighted by Gasteiger charge is -2.09. The molecule has 0 aliphatic rings. The van der Waals surface area contributed by atoms with E-state index in [1.807, 2.05) is 19.1 Å². The molecule has 0 saturated carbocycles. The van der Waals surface area contributed by atoms with E-state index in [1.54, 1.807) is 24.4 Å². The van der Waals surface area contributed by atoms with Crippen LogP contribution in [0.25, 0.3) is 0 Å². The summed E-state index contributed by atoms with van der Waals surface area (Å²) in [5.41, 5.74) is 2.63. The molecule has 0 spiro atoms. The molecule has 120 valence electrons. The quantitative estimate of drug-likeness (QED) is 0.608. The lowest BCUT2D eigenvalue weighted by Crippen LogP contribution is -2.10. The number of benzene rings is 2. The normalized spacial score (nSPS) is 11.0. The van der Waals surface area contributed by atoms with E-state index in [9.17, 15) is 4.79 Å². The molecule has 0 atom stereocenters. The average molecular weight is 462 g/mol. The van der Waals surface area contributed by atoms with E-state index in [1.165, 1.54) is 0 Å². The summed E-state index contributed by atoms with van der Waals surface area (Å²) in [6, 6.07) is 9.11. The largest absolute Gasteiger partial charge is 0.480 e. The number of rotatable bonds is 5. The van der Waals surface area contributed by atoms with Gasteiger partial charge in [-0.2, -0.15) is 0 Å². The average Bonchev–Trinajstić information content (AvgIpc) is 2.47. The lowest BCUT2D eigenvalue weighted by atomic mass is 10.2. The van der Waals surface area contributed by atoms with E-state index < -0.39 is 12.6 Å². The Labute approximate surface area is 155 Å². The standard InChI is InChI=1S/C16H12Br2ClNO3/c1-9-2-3-11(19)6-14(9)20-7-10-4-12(17)16(13(18)5-10)23-8-15(21)22/h2-7H,8H2,1H3,(H,21,22). The highest BCUT2D eigenvalue weighted by molar-refractivity contribution is 9.11. The minimum atomic E-state index is -1.04. The van der Waals surface area contributed by atoms with Crippen molar-refractivity contribution in [2.24, 2.45) is 4.99 Å². The zero-order valence-corrected chi connectivity index (χ0v) is 15.9. The molecule has 0 amide bonds. The van der Waals surface area contributed by atoms with Crippen LogP contribution in [0.2, 0.25) is 5.02 Å². The molecule has 2 aromatic rings. The number of hydrogen-bond acceptors (Lipinski definition) is 3. The maximum Gasteiger partial charge on any atom is 0.341 e. The van der Waals surface area contributed by atoms with Crippen LogP contribution in [0, 0.1) is 6.92 Å². The maximum absolute atomic E-state index is 10.6. The second kappa shape index (κ2) is 7.95. The van der Waals surface area contributed by atoms with Crippen molar-refractivity contribution in [2.75, 3.05) is 6.61 Å². The fourth-order valence-electron chi connectivity index (χ4n) is 1.79. The van der Waals surface area contributed by atoms with E-state index >= 15 is 0 Å². The number of hydrogen-bond donors (Lipinski definition) is 1. The Balaban J connectivity index is 2.26. The highest BCUT2D eigenvalue weighted by Crippen LogP contribution is 2.34. The van der Waals surface area contributed by atoms with Crippen LogP contribution >= 0.6 is 43.5 Å². The van der Waals surface area contributed by atoms with E-state index in [4.69, 9.17) is 21.4 Å². The van der Waals surface area contributed by atoms with Gasteiger partial charge in [-0.15, -0.1) is 0 Å². The highest BCUT2D eigenvalue weighted by atomic mass is 79.9. The van der Waals surface area contributed by atoms with Crippen molar-refractivity contribution >= 4 is 61.3 Å². The Bertz CT molecular complexity index is 755. The molecule has 23 heavy (non-hydrogen) atoms. The molecule has 0 radical (unpaired) electrons. The van der Waals surface area contributed by atoms with E-state index in [-0.39, 0.29) is 0 Å². The van der Waals surface area contributed by atoms with E-state index in [0.29, 0.717) is 19.7 Å². The minimum absolute atomic E-state index is 0.410. The molecule has 4 nitrogen and oxygen atoms in total. The van der Waals surface area contributed by atoms with Crippen LogP contribution in [0.3, 0.4) is 0 Å². The van der Waals surface area contributed by atoms with Gasteiger partial charge in [-0.25, -0.2) is 4.79 Å². The number of aryl methyl sites for hydroxylation is 1. The lowest BCUT2D eigenvalue weighted by molar-refractivity contribution is -0.139. The Morgan fingerprint density at radius 1 is 1.30 bits per heavy atom. The first-order valence-electron chi connectivity index (χ1n) is 6.50. The van der Waals surface area contributed by atoms with E-state index in [2.05, 4.69) is 36.9 Å². The zero-order chi connectivity index (χ0) is 17.0. The molecule has 2 aromatic carbocycles. The van der Waals surface area contributed by atoms with Gasteiger partial charge in [0.05, 0.1) is 14.6 Å². The van der Waals surface area contributed by atoms with E-state index in [0.717, 1.165) is 16.8 Å². The third-order valence-corrected chi connectivity index (χ3v) is 4.30. The third kappa shape index (κ3) is 5.06. The summed E-state index contributed by atoms with van der Waals surface area (Å²) in [6.07, 6.45) is 1.70. The summed E-state index contributed by atoms with van der Waals surface area (Å²) in [7, 11) is 0. The van der Waals surface area contributed by atoms with Gasteiger partial charge in [-0.05, 0) is 74.2 Å². The molecule has 0 aliphatic heterocycles. The van der Waals surface area contributed by atoms with Gasteiger partial charge in [0, 0.05) is 11.2 Å². The van der Waals surface area contributed by atoms with Crippen LogP contribution < -0.4 is 4.74 Å². The second-order valence-electron chi connectivity index (χ2n) is 4.69. The van der Waals surface area contributed by atoms with Gasteiger partial charge in [-0.1, -0.05) is 17.7 Å². The summed E-state index contributed by atoms with van der Waals surface area (Å²) in [5.74, 6) is -0.602. The Kier molecular flexibility index (Phi) is 6.21. The van der Waals surface area contributed by atoms with Gasteiger partial charge < -0.3 is 9.84 Å². The fraction of sp³-hybridized carbons (Fsp3) is 0.125. The number of aliphatic carboxylic acids is 1. The predicted molar refractivity (Wildman–Crippen MR) is 98.4 cm³/mol. The number of halogens is 3. The number of carbonyl (C=O) groups is 1. The SMILES string of the molecule is Cc1ccc(Cl)cc1N=Cc1cc(Br)c(OCC(=O)O)c(Br)c1. The number of ether oxygens (including phenoxy) is 1. The molecule has 0 fully saturated rings. The van der Waals surface area contributed by atoms with Crippen molar-refractivity contribution in [3.05, 3.63) is 55.4 Å². The molecule has 0 aromatic heterocycles. The zero-order valence-electron chi connectivity index (χ0n) is 12.0. The molecule has 2 rings (SSSR count). The van der Waals surface area contributed by atoms with Crippen molar-refractivity contribution in [3.63, 3.8) is 0 Å². The van der Waals surface area contributed by atoms with Crippen molar-refractivity contribution < 1.29 is 14.6 Å². The highest BCUT2D eigenvalue weighted by Gasteiger charge is 2.10.